The summed E-state index contributed by atoms with van der Waals surface area (Å²) in [6.07, 6.45) is 0.210. The van der Waals surface area contributed by atoms with Gasteiger partial charge in [-0.25, -0.2) is 13.1 Å². The van der Waals surface area contributed by atoms with Crippen molar-refractivity contribution < 1.29 is 27.1 Å². The molecule has 2 N–H and O–H groups in total. The number of sulfonamides is 1. The molecule has 0 aliphatic rings. The molecule has 0 rings (SSSR count). The number of rotatable bonds is 7. The van der Waals surface area contributed by atoms with Crippen LogP contribution in [0.4, 0.5) is 8.78 Å². The lowest BCUT2D eigenvalue weighted by molar-refractivity contribution is -0.137. The molecule has 8 heteroatoms. The molecule has 1 atom stereocenters. The van der Waals surface area contributed by atoms with E-state index in [4.69, 9.17) is 5.11 Å². The summed E-state index contributed by atoms with van der Waals surface area (Å²) in [6.45, 7) is 1.70. The van der Waals surface area contributed by atoms with Crippen molar-refractivity contribution in [2.75, 3.05) is 0 Å². The number of carboxylic acids is 1. The Balaban J connectivity index is 4.47. The second-order valence-corrected chi connectivity index (χ2v) is 4.69. The van der Waals surface area contributed by atoms with Crippen molar-refractivity contribution in [1.82, 2.24) is 4.72 Å². The lowest BCUT2D eigenvalue weighted by Gasteiger charge is -2.15. The minimum Gasteiger partial charge on any atom is -0.481 e. The summed E-state index contributed by atoms with van der Waals surface area (Å²) < 4.78 is 47.1. The lowest BCUT2D eigenvalue weighted by Crippen LogP contribution is -2.39. The summed E-state index contributed by atoms with van der Waals surface area (Å²) in [6, 6.07) is -0.980. The number of halogens is 2. The number of hydrogen-bond acceptors (Lipinski definition) is 3. The van der Waals surface area contributed by atoms with Gasteiger partial charge in [0.15, 0.2) is 0 Å². The van der Waals surface area contributed by atoms with Gasteiger partial charge in [0.2, 0.25) is 0 Å². The first-order valence-corrected chi connectivity index (χ1v) is 5.85. The third kappa shape index (κ3) is 5.63. The molecule has 0 saturated carbocycles. The smallest absolute Gasteiger partial charge is 0.350 e. The fourth-order valence-electron chi connectivity index (χ4n) is 1.05. The molecule has 0 bridgehead atoms. The van der Waals surface area contributed by atoms with Crippen LogP contribution >= 0.6 is 0 Å². The van der Waals surface area contributed by atoms with Crippen molar-refractivity contribution in [2.45, 2.75) is 38.0 Å². The van der Waals surface area contributed by atoms with Gasteiger partial charge >= 0.3 is 11.7 Å². The Morgan fingerprint density at radius 1 is 1.47 bits per heavy atom. The van der Waals surface area contributed by atoms with Crippen molar-refractivity contribution in [3.63, 3.8) is 0 Å². The molecule has 0 fully saturated rings. The van der Waals surface area contributed by atoms with Gasteiger partial charge in [0, 0.05) is 6.04 Å². The van der Waals surface area contributed by atoms with Crippen LogP contribution < -0.4 is 4.72 Å². The first kappa shape index (κ1) is 14.2. The highest BCUT2D eigenvalue weighted by Crippen LogP contribution is 2.08. The highest BCUT2D eigenvalue weighted by atomic mass is 32.2. The van der Waals surface area contributed by atoms with E-state index in [2.05, 4.69) is 0 Å². The number of hydrogen-bond donors (Lipinski definition) is 2. The Bertz CT molecular complexity index is 304. The molecule has 0 radical (unpaired) electrons. The molecule has 0 saturated heterocycles. The number of nitrogens with one attached hydrogen (secondary N) is 1. The summed E-state index contributed by atoms with van der Waals surface area (Å²) in [7, 11) is -4.71. The fourth-order valence-corrected chi connectivity index (χ4v) is 1.81. The summed E-state index contributed by atoms with van der Waals surface area (Å²) in [5.74, 6) is -4.77. The van der Waals surface area contributed by atoms with E-state index in [0.29, 0.717) is 6.42 Å². The fraction of sp³-hybridized carbons (Fsp3) is 0.857. The monoisotopic (exact) mass is 245 g/mol. The molecular weight excluding hydrogens is 232 g/mol. The largest absolute Gasteiger partial charge is 0.481 e. The Hall–Kier alpha value is -0.760. The van der Waals surface area contributed by atoms with Crippen LogP contribution in [0, 0.1) is 0 Å². The standard InChI is InChI=1S/C7H13F2NO4S/c1-2-3-5(4-6(11)12)10-15(13,14)7(8)9/h5,7,10H,2-4H2,1H3,(H,11,12). The van der Waals surface area contributed by atoms with E-state index in [9.17, 15) is 22.0 Å². The first-order valence-electron chi connectivity index (χ1n) is 4.30. The third-order valence-corrected chi connectivity index (χ3v) is 2.75. The molecule has 1 unspecified atom stereocenters. The zero-order chi connectivity index (χ0) is 12.1. The van der Waals surface area contributed by atoms with E-state index in [1.807, 2.05) is 0 Å². The van der Waals surface area contributed by atoms with Gasteiger partial charge in [-0.3, -0.25) is 4.79 Å². The molecule has 0 aliphatic heterocycles. The van der Waals surface area contributed by atoms with Crippen molar-refractivity contribution in [2.24, 2.45) is 0 Å². The van der Waals surface area contributed by atoms with Crippen LogP contribution in [0.1, 0.15) is 26.2 Å². The maximum atomic E-state index is 12.0. The third-order valence-electron chi connectivity index (χ3n) is 1.62. The molecule has 90 valence electrons. The van der Waals surface area contributed by atoms with Gasteiger partial charge in [-0.2, -0.15) is 8.78 Å². The second-order valence-electron chi connectivity index (χ2n) is 3.01. The van der Waals surface area contributed by atoms with Gasteiger partial charge in [-0.15, -0.1) is 0 Å². The number of carboxylic acid groups (broad SMARTS) is 1. The van der Waals surface area contributed by atoms with Gasteiger partial charge in [0.05, 0.1) is 6.42 Å². The van der Waals surface area contributed by atoms with Gasteiger partial charge in [-0.05, 0) is 6.42 Å². The average Bonchev–Trinajstić information content (AvgIpc) is 2.01. The maximum Gasteiger partial charge on any atom is 0.350 e. The predicted molar refractivity (Wildman–Crippen MR) is 49.0 cm³/mol. The Morgan fingerprint density at radius 3 is 2.33 bits per heavy atom. The summed E-state index contributed by atoms with van der Waals surface area (Å²) in [4.78, 5) is 10.3. The average molecular weight is 245 g/mol. The second kappa shape index (κ2) is 5.96. The van der Waals surface area contributed by atoms with Crippen LogP contribution in [-0.2, 0) is 14.8 Å². The normalized spacial score (nSPS) is 14.1. The van der Waals surface area contributed by atoms with Gasteiger partial charge in [0.25, 0.3) is 10.0 Å². The molecule has 15 heavy (non-hydrogen) atoms. The molecule has 0 aliphatic carbocycles. The minimum absolute atomic E-state index is 0.207. The van der Waals surface area contributed by atoms with Gasteiger partial charge < -0.3 is 5.11 Å². The summed E-state index contributed by atoms with van der Waals surface area (Å²) in [5.41, 5.74) is 0. The highest BCUT2D eigenvalue weighted by Gasteiger charge is 2.27. The molecular formula is C7H13F2NO4S. The zero-order valence-electron chi connectivity index (χ0n) is 8.11. The molecule has 5 nitrogen and oxygen atoms in total. The molecule has 0 spiro atoms. The Labute approximate surface area is 86.5 Å². The summed E-state index contributed by atoms with van der Waals surface area (Å²) >= 11 is 0. The molecule has 0 amide bonds. The molecule has 0 heterocycles. The quantitative estimate of drug-likeness (QED) is 0.694. The van der Waals surface area contributed by atoms with Crippen molar-refractivity contribution >= 4 is 16.0 Å². The van der Waals surface area contributed by atoms with E-state index < -0.39 is 34.2 Å². The van der Waals surface area contributed by atoms with Crippen LogP contribution in [0.5, 0.6) is 0 Å². The maximum absolute atomic E-state index is 12.0. The topological polar surface area (TPSA) is 83.5 Å². The van der Waals surface area contributed by atoms with Crippen LogP contribution in [-0.4, -0.2) is 31.3 Å². The van der Waals surface area contributed by atoms with Crippen molar-refractivity contribution in [3.05, 3.63) is 0 Å². The SMILES string of the molecule is CCCC(CC(=O)O)NS(=O)(=O)C(F)F. The minimum atomic E-state index is -4.71. The van der Waals surface area contributed by atoms with Crippen LogP contribution in [0.2, 0.25) is 0 Å². The van der Waals surface area contributed by atoms with E-state index in [0.717, 1.165) is 0 Å². The molecule has 0 aromatic heterocycles. The number of alkyl halides is 2. The van der Waals surface area contributed by atoms with E-state index >= 15 is 0 Å². The van der Waals surface area contributed by atoms with E-state index in [1.54, 1.807) is 11.6 Å². The van der Waals surface area contributed by atoms with Crippen molar-refractivity contribution in [3.8, 4) is 0 Å². The Morgan fingerprint density at radius 2 is 2.00 bits per heavy atom. The summed E-state index contributed by atoms with van der Waals surface area (Å²) in [5, 5.41) is 8.42. The first-order chi connectivity index (χ1) is 6.79. The molecule has 0 aromatic carbocycles. The molecule has 0 aromatic rings. The van der Waals surface area contributed by atoms with Gasteiger partial charge in [0.1, 0.15) is 0 Å². The van der Waals surface area contributed by atoms with Gasteiger partial charge in [-0.1, -0.05) is 13.3 Å². The Kier molecular flexibility index (Phi) is 5.66. The highest BCUT2D eigenvalue weighted by molar-refractivity contribution is 7.89. The van der Waals surface area contributed by atoms with Crippen LogP contribution in [0.15, 0.2) is 0 Å². The zero-order valence-corrected chi connectivity index (χ0v) is 8.93. The predicted octanol–water partition coefficient (Wildman–Crippen LogP) is 0.772. The van der Waals surface area contributed by atoms with E-state index in [-0.39, 0.29) is 6.42 Å². The van der Waals surface area contributed by atoms with Crippen LogP contribution in [0.25, 0.3) is 0 Å². The lowest BCUT2D eigenvalue weighted by atomic mass is 10.1. The number of carbonyl (C=O) groups is 1. The van der Waals surface area contributed by atoms with Crippen molar-refractivity contribution in [1.29, 1.82) is 0 Å². The van der Waals surface area contributed by atoms with Crippen LogP contribution in [0.3, 0.4) is 0 Å². The van der Waals surface area contributed by atoms with E-state index in [1.165, 1.54) is 0 Å². The number of aliphatic carboxylic acids is 1.